The summed E-state index contributed by atoms with van der Waals surface area (Å²) in [7, 11) is 3.90. The van der Waals surface area contributed by atoms with Crippen molar-refractivity contribution >= 4 is 11.9 Å². The number of aliphatic hydroxyl groups is 1. The third kappa shape index (κ3) is 4.64. The van der Waals surface area contributed by atoms with Crippen molar-refractivity contribution < 1.29 is 9.84 Å². The number of hydrogen-bond acceptors (Lipinski definition) is 5. The molecule has 1 unspecified atom stereocenters. The topological polar surface area (TPSA) is 63.8 Å². The summed E-state index contributed by atoms with van der Waals surface area (Å²) < 4.78 is 5.59. The molecule has 1 fully saturated rings. The Kier molecular flexibility index (Phi) is 6.40. The van der Waals surface area contributed by atoms with Gasteiger partial charge >= 0.3 is 0 Å². The van der Waals surface area contributed by atoms with Crippen molar-refractivity contribution in [1.82, 2.24) is 14.8 Å². The first-order valence-electron chi connectivity index (χ1n) is 11.9. The number of benzene rings is 1. The van der Waals surface area contributed by atoms with E-state index in [9.17, 15) is 5.11 Å². The number of rotatable bonds is 5. The molecule has 3 heterocycles. The van der Waals surface area contributed by atoms with Crippen LogP contribution in [0, 0.1) is 0 Å². The molecule has 174 valence electrons. The third-order valence-corrected chi connectivity index (χ3v) is 7.06. The maximum Gasteiger partial charge on any atom is 0.126 e. The Morgan fingerprint density at radius 2 is 1.94 bits per heavy atom. The van der Waals surface area contributed by atoms with Crippen molar-refractivity contribution in [3.05, 3.63) is 64.9 Å². The van der Waals surface area contributed by atoms with E-state index < -0.39 is 6.10 Å². The largest absolute Gasteiger partial charge is 0.496 e. The van der Waals surface area contributed by atoms with Crippen LogP contribution in [0.4, 0.5) is 5.82 Å². The molecule has 2 aromatic rings. The number of aromatic amines is 1. The first-order chi connectivity index (χ1) is 16.1. The predicted molar refractivity (Wildman–Crippen MR) is 135 cm³/mol. The summed E-state index contributed by atoms with van der Waals surface area (Å²) in [5, 5.41) is 14.5. The molecule has 1 aromatic heterocycles. The van der Waals surface area contributed by atoms with E-state index in [2.05, 4.69) is 51.4 Å². The number of nitrogens with one attached hydrogen (secondary N) is 2. The van der Waals surface area contributed by atoms with Gasteiger partial charge in [0, 0.05) is 55.5 Å². The van der Waals surface area contributed by atoms with E-state index in [-0.39, 0.29) is 0 Å². The molecular weight excluding hydrogens is 412 g/mol. The van der Waals surface area contributed by atoms with E-state index in [1.165, 1.54) is 17.6 Å². The number of ether oxygens (including phenoxy) is 1. The highest BCUT2D eigenvalue weighted by molar-refractivity contribution is 5.87. The van der Waals surface area contributed by atoms with Crippen molar-refractivity contribution in [1.29, 1.82) is 0 Å². The number of hydrogen-bond donors (Lipinski definition) is 3. The minimum absolute atomic E-state index is 0.423. The standard InChI is InChI=1S/C27H34N4O2/c1-30-10-5-11-31(13-12-30)18-20-9-8-19(15-25(20)32)21-14-23-24(17-29-27(23)28-16-21)22-6-3-4-7-26(22)33-2/h3-4,6-9,14,17,25,28-29,32H,5,10-13,15-16,18H2,1-2H3. The van der Waals surface area contributed by atoms with Crippen molar-refractivity contribution in [3.63, 3.8) is 0 Å². The summed E-state index contributed by atoms with van der Waals surface area (Å²) in [6, 6.07) is 8.10. The Morgan fingerprint density at radius 1 is 1.06 bits per heavy atom. The lowest BCUT2D eigenvalue weighted by molar-refractivity contribution is 0.190. The molecule has 6 heteroatoms. The van der Waals surface area contributed by atoms with E-state index in [1.54, 1.807) is 7.11 Å². The quantitative estimate of drug-likeness (QED) is 0.653. The van der Waals surface area contributed by atoms with Gasteiger partial charge in [-0.3, -0.25) is 4.90 Å². The molecule has 3 aliphatic rings. The smallest absolute Gasteiger partial charge is 0.126 e. The summed E-state index contributed by atoms with van der Waals surface area (Å²) in [6.07, 6.45) is 10.1. The Hall–Kier alpha value is -2.80. The SMILES string of the molecule is COc1ccccc1-c1c[nH]c2c1C=C(C1=CC=C(CN3CCCN(C)CC3)C(O)C1)CN2. The van der Waals surface area contributed by atoms with Gasteiger partial charge in [-0.2, -0.15) is 0 Å². The van der Waals surface area contributed by atoms with Gasteiger partial charge in [0.25, 0.3) is 0 Å². The summed E-state index contributed by atoms with van der Waals surface area (Å²) >= 11 is 0. The second-order valence-electron chi connectivity index (χ2n) is 9.30. The van der Waals surface area contributed by atoms with E-state index in [0.29, 0.717) is 6.42 Å². The molecule has 0 bridgehead atoms. The van der Waals surface area contributed by atoms with Gasteiger partial charge in [-0.1, -0.05) is 30.4 Å². The van der Waals surface area contributed by atoms with Gasteiger partial charge in [-0.05, 0) is 55.4 Å². The molecule has 1 aromatic carbocycles. The molecule has 0 radical (unpaired) electrons. The lowest BCUT2D eigenvalue weighted by Gasteiger charge is -2.28. The number of para-hydroxylation sites is 1. The van der Waals surface area contributed by atoms with E-state index in [1.807, 2.05) is 24.4 Å². The monoisotopic (exact) mass is 446 g/mol. The lowest BCUT2D eigenvalue weighted by atomic mass is 9.88. The number of likely N-dealkylation sites (N-methyl/N-ethyl adjacent to an activating group) is 1. The fourth-order valence-corrected chi connectivity index (χ4v) is 5.07. The molecule has 2 aliphatic heterocycles. The van der Waals surface area contributed by atoms with E-state index in [4.69, 9.17) is 4.74 Å². The minimum Gasteiger partial charge on any atom is -0.496 e. The number of allylic oxidation sites excluding steroid dienone is 2. The van der Waals surface area contributed by atoms with Crippen LogP contribution >= 0.6 is 0 Å². The number of anilines is 1. The molecule has 1 aliphatic carbocycles. The van der Waals surface area contributed by atoms with Crippen LogP contribution in [0.25, 0.3) is 17.2 Å². The fraction of sp³-hybridized carbons (Fsp3) is 0.407. The van der Waals surface area contributed by atoms with Crippen LogP contribution in [0.15, 0.2) is 59.3 Å². The second-order valence-corrected chi connectivity index (χ2v) is 9.30. The Bertz CT molecular complexity index is 1100. The Morgan fingerprint density at radius 3 is 2.79 bits per heavy atom. The van der Waals surface area contributed by atoms with E-state index in [0.717, 1.165) is 73.1 Å². The van der Waals surface area contributed by atoms with Crippen molar-refractivity contribution in [2.75, 3.05) is 58.7 Å². The van der Waals surface area contributed by atoms with Gasteiger partial charge in [-0.25, -0.2) is 0 Å². The van der Waals surface area contributed by atoms with Gasteiger partial charge < -0.3 is 25.0 Å². The van der Waals surface area contributed by atoms with Gasteiger partial charge in [0.2, 0.25) is 0 Å². The highest BCUT2D eigenvalue weighted by Crippen LogP contribution is 2.39. The van der Waals surface area contributed by atoms with Gasteiger partial charge in [0.15, 0.2) is 0 Å². The van der Waals surface area contributed by atoms with Crippen molar-refractivity contribution in [2.45, 2.75) is 18.9 Å². The summed E-state index contributed by atoms with van der Waals surface area (Å²) in [5.41, 5.74) is 6.88. The number of aliphatic hydroxyl groups excluding tert-OH is 1. The van der Waals surface area contributed by atoms with Crippen LogP contribution in [0.3, 0.4) is 0 Å². The molecule has 1 atom stereocenters. The predicted octanol–water partition coefficient (Wildman–Crippen LogP) is 3.75. The average molecular weight is 447 g/mol. The first kappa shape index (κ1) is 22.0. The molecule has 3 N–H and O–H groups in total. The maximum absolute atomic E-state index is 11.0. The molecular formula is C27H34N4O2. The number of H-pyrrole nitrogens is 1. The first-order valence-corrected chi connectivity index (χ1v) is 11.9. The molecule has 5 rings (SSSR count). The highest BCUT2D eigenvalue weighted by Gasteiger charge is 2.25. The zero-order chi connectivity index (χ0) is 22.8. The summed E-state index contributed by atoms with van der Waals surface area (Å²) in [5.74, 6) is 1.89. The molecule has 0 spiro atoms. The van der Waals surface area contributed by atoms with Gasteiger partial charge in [0.1, 0.15) is 11.6 Å². The van der Waals surface area contributed by atoms with Crippen LogP contribution in [-0.4, -0.2) is 79.4 Å². The van der Waals surface area contributed by atoms with Crippen LogP contribution in [0.1, 0.15) is 18.4 Å². The van der Waals surface area contributed by atoms with Crippen LogP contribution < -0.4 is 10.1 Å². The maximum atomic E-state index is 11.0. The average Bonchev–Trinajstić information content (AvgIpc) is 3.15. The highest BCUT2D eigenvalue weighted by atomic mass is 16.5. The lowest BCUT2D eigenvalue weighted by Crippen LogP contribution is -2.33. The number of fused-ring (bicyclic) bond motifs is 1. The minimum atomic E-state index is -0.423. The zero-order valence-electron chi connectivity index (χ0n) is 19.6. The normalized spacial score (nSPS) is 21.9. The summed E-state index contributed by atoms with van der Waals surface area (Å²) in [4.78, 5) is 8.23. The number of aromatic nitrogens is 1. The molecule has 1 saturated heterocycles. The fourth-order valence-electron chi connectivity index (χ4n) is 5.07. The summed E-state index contributed by atoms with van der Waals surface area (Å²) in [6.45, 7) is 6.02. The van der Waals surface area contributed by atoms with Crippen molar-refractivity contribution in [2.24, 2.45) is 0 Å². The number of methoxy groups -OCH3 is 1. The van der Waals surface area contributed by atoms with Crippen LogP contribution in [0.5, 0.6) is 5.75 Å². The van der Waals surface area contributed by atoms with Crippen LogP contribution in [-0.2, 0) is 0 Å². The number of nitrogens with zero attached hydrogens (tertiary/aromatic N) is 2. The Labute approximate surface area is 196 Å². The molecule has 6 nitrogen and oxygen atoms in total. The molecule has 33 heavy (non-hydrogen) atoms. The third-order valence-electron chi connectivity index (χ3n) is 7.06. The van der Waals surface area contributed by atoms with Crippen molar-refractivity contribution in [3.8, 4) is 16.9 Å². The second kappa shape index (κ2) is 9.59. The van der Waals surface area contributed by atoms with Gasteiger partial charge in [-0.15, -0.1) is 0 Å². The molecule has 0 amide bonds. The van der Waals surface area contributed by atoms with Gasteiger partial charge in [0.05, 0.1) is 13.2 Å². The Balaban J connectivity index is 1.37. The van der Waals surface area contributed by atoms with E-state index >= 15 is 0 Å². The van der Waals surface area contributed by atoms with Crippen LogP contribution in [0.2, 0.25) is 0 Å². The molecule has 0 saturated carbocycles. The zero-order valence-corrected chi connectivity index (χ0v) is 19.6.